The van der Waals surface area contributed by atoms with Gasteiger partial charge in [-0.05, 0) is 6.04 Å². The monoisotopic (exact) mass is 278 g/mol. The lowest BCUT2D eigenvalue weighted by Crippen LogP contribution is -2.13. The Morgan fingerprint density at radius 3 is 1.64 bits per heavy atom. The largest absolute Gasteiger partial charge is 0.127 e. The second-order valence-corrected chi connectivity index (χ2v) is 15.3. The highest BCUT2D eigenvalue weighted by molar-refractivity contribution is 9.26. The van der Waals surface area contributed by atoms with Crippen LogP contribution in [-0.4, -0.2) is 6.69 Å². The lowest BCUT2D eigenvalue weighted by atomic mass is 10.1. The Kier molecular flexibility index (Phi) is 9.41. The van der Waals surface area contributed by atoms with Crippen LogP contribution in [0.4, 0.5) is 0 Å². The molecule has 0 N–H and O–H groups in total. The Hall–Kier alpha value is 0.697. The number of hydrogen-bond acceptors (Lipinski definition) is 0. The van der Waals surface area contributed by atoms with Crippen LogP contribution in [0.3, 0.4) is 0 Å². The van der Waals surface area contributed by atoms with Crippen LogP contribution in [0.1, 0.15) is 58.3 Å². The Labute approximate surface area is 99.5 Å². The fourth-order valence-electron chi connectivity index (χ4n) is 1.68. The lowest BCUT2D eigenvalue weighted by Gasteiger charge is -2.12. The van der Waals surface area contributed by atoms with E-state index in [4.69, 9.17) is 0 Å². The summed E-state index contributed by atoms with van der Waals surface area (Å²) in [5.41, 5.74) is 0. The van der Waals surface area contributed by atoms with Crippen LogP contribution in [-0.2, 0) is 0 Å². The molecule has 0 spiro atoms. The lowest BCUT2D eigenvalue weighted by molar-refractivity contribution is 0.584. The molecule has 0 heterocycles. The molecule has 0 amide bonds. The van der Waals surface area contributed by atoms with Crippen molar-refractivity contribution >= 4 is 22.0 Å². The van der Waals surface area contributed by atoms with Crippen LogP contribution in [0.2, 0.25) is 19.1 Å². The molecule has 0 unspecified atom stereocenters. The van der Waals surface area contributed by atoms with Gasteiger partial charge in [-0.3, -0.25) is 0 Å². The van der Waals surface area contributed by atoms with Gasteiger partial charge in [0.05, 0.1) is 0 Å². The quantitative estimate of drug-likeness (QED) is 0.287. The standard InChI is InChI=1S/C12H27BrSi/c1-4-5-6-7-8-9-10-11-12-14(2,3)13/h4-12H2,1-3H3. The summed E-state index contributed by atoms with van der Waals surface area (Å²) in [7, 11) is 0. The second-order valence-electron chi connectivity index (χ2n) is 4.94. The average molecular weight is 279 g/mol. The van der Waals surface area contributed by atoms with E-state index in [9.17, 15) is 0 Å². The first-order valence-electron chi connectivity index (χ1n) is 6.25. The van der Waals surface area contributed by atoms with E-state index in [0.29, 0.717) is 0 Å². The van der Waals surface area contributed by atoms with E-state index in [1.54, 1.807) is 0 Å². The molecular formula is C12H27BrSi. The number of unbranched alkanes of at least 4 members (excludes halogenated alkanes) is 7. The molecule has 0 aliphatic heterocycles. The second kappa shape index (κ2) is 8.96. The van der Waals surface area contributed by atoms with Gasteiger partial charge in [0.1, 0.15) is 6.69 Å². The summed E-state index contributed by atoms with van der Waals surface area (Å²) < 4.78 is 0. The molecule has 86 valence electrons. The number of halogens is 1. The molecule has 0 aromatic rings. The molecule has 0 nitrogen and oxygen atoms in total. The van der Waals surface area contributed by atoms with Gasteiger partial charge in [0.2, 0.25) is 0 Å². The maximum atomic E-state index is 3.82. The van der Waals surface area contributed by atoms with E-state index in [-0.39, 0.29) is 0 Å². The molecule has 0 aromatic carbocycles. The minimum atomic E-state index is -0.926. The first kappa shape index (κ1) is 14.7. The van der Waals surface area contributed by atoms with Gasteiger partial charge in [0, 0.05) is 0 Å². The Balaban J connectivity index is 2.99. The topological polar surface area (TPSA) is 0 Å². The third kappa shape index (κ3) is 12.7. The minimum Gasteiger partial charge on any atom is -0.127 e. The highest BCUT2D eigenvalue weighted by Crippen LogP contribution is 2.21. The molecule has 0 saturated heterocycles. The van der Waals surface area contributed by atoms with E-state index in [1.165, 1.54) is 57.4 Å². The van der Waals surface area contributed by atoms with Gasteiger partial charge in [-0.25, -0.2) is 0 Å². The van der Waals surface area contributed by atoms with Crippen molar-refractivity contribution in [1.29, 1.82) is 0 Å². The molecule has 0 aliphatic rings. The molecule has 14 heavy (non-hydrogen) atoms. The normalized spacial score (nSPS) is 12.0. The molecular weight excluding hydrogens is 252 g/mol. The molecule has 0 bridgehead atoms. The van der Waals surface area contributed by atoms with Crippen LogP contribution < -0.4 is 0 Å². The molecule has 0 aromatic heterocycles. The summed E-state index contributed by atoms with van der Waals surface area (Å²) in [6, 6.07) is 1.45. The van der Waals surface area contributed by atoms with Crippen molar-refractivity contribution in [3.63, 3.8) is 0 Å². The van der Waals surface area contributed by atoms with Crippen molar-refractivity contribution < 1.29 is 0 Å². The Morgan fingerprint density at radius 1 is 0.786 bits per heavy atom. The zero-order chi connectivity index (χ0) is 10.9. The average Bonchev–Trinajstić information content (AvgIpc) is 2.08. The van der Waals surface area contributed by atoms with Gasteiger partial charge in [0.25, 0.3) is 0 Å². The number of hydrogen-bond donors (Lipinski definition) is 0. The SMILES string of the molecule is CCCCCCCCCC[Si](C)(C)Br. The van der Waals surface area contributed by atoms with Gasteiger partial charge < -0.3 is 0 Å². The van der Waals surface area contributed by atoms with E-state index in [0.717, 1.165) is 0 Å². The highest BCUT2D eigenvalue weighted by atomic mass is 79.9. The van der Waals surface area contributed by atoms with Crippen molar-refractivity contribution in [1.82, 2.24) is 0 Å². The first-order chi connectivity index (χ1) is 6.56. The van der Waals surface area contributed by atoms with Crippen LogP contribution >= 0.6 is 15.3 Å². The molecule has 0 atom stereocenters. The Bertz CT molecular complexity index is 118. The highest BCUT2D eigenvalue weighted by Gasteiger charge is 2.14. The predicted octanol–water partition coefficient (Wildman–Crippen LogP) is 5.73. The first-order valence-corrected chi connectivity index (χ1v) is 11.7. The fourth-order valence-corrected chi connectivity index (χ4v) is 3.61. The smallest absolute Gasteiger partial charge is 0.124 e. The van der Waals surface area contributed by atoms with Gasteiger partial charge >= 0.3 is 0 Å². The maximum absolute atomic E-state index is 3.82. The molecule has 0 aliphatic carbocycles. The summed E-state index contributed by atoms with van der Waals surface area (Å²) in [6.45, 7) is 6.15. The van der Waals surface area contributed by atoms with E-state index < -0.39 is 6.69 Å². The van der Waals surface area contributed by atoms with Crippen molar-refractivity contribution in [2.75, 3.05) is 0 Å². The van der Waals surface area contributed by atoms with Gasteiger partial charge in [-0.15, -0.1) is 15.3 Å². The third-order valence-electron chi connectivity index (χ3n) is 2.62. The van der Waals surface area contributed by atoms with Crippen LogP contribution in [0.5, 0.6) is 0 Å². The van der Waals surface area contributed by atoms with Gasteiger partial charge in [-0.2, -0.15) is 0 Å². The van der Waals surface area contributed by atoms with Crippen LogP contribution in [0, 0.1) is 0 Å². The summed E-state index contributed by atoms with van der Waals surface area (Å²) in [5, 5.41) is 0. The molecule has 0 radical (unpaired) electrons. The number of rotatable bonds is 9. The zero-order valence-corrected chi connectivity index (χ0v) is 12.8. The predicted molar refractivity (Wildman–Crippen MR) is 73.8 cm³/mol. The van der Waals surface area contributed by atoms with Gasteiger partial charge in [0.15, 0.2) is 0 Å². The van der Waals surface area contributed by atoms with Crippen molar-refractivity contribution in [2.24, 2.45) is 0 Å². The van der Waals surface area contributed by atoms with Crippen LogP contribution in [0.25, 0.3) is 0 Å². The summed E-state index contributed by atoms with van der Waals surface area (Å²) >= 11 is 3.82. The molecule has 0 rings (SSSR count). The summed E-state index contributed by atoms with van der Waals surface area (Å²) in [6.07, 6.45) is 11.5. The van der Waals surface area contributed by atoms with E-state index in [2.05, 4.69) is 35.3 Å². The van der Waals surface area contributed by atoms with E-state index >= 15 is 0 Å². The summed E-state index contributed by atoms with van der Waals surface area (Å²) in [4.78, 5) is 0. The van der Waals surface area contributed by atoms with Gasteiger partial charge in [-0.1, -0.05) is 71.4 Å². The van der Waals surface area contributed by atoms with Crippen molar-refractivity contribution in [3.8, 4) is 0 Å². The molecule has 2 heteroatoms. The zero-order valence-electron chi connectivity index (χ0n) is 10.2. The summed E-state index contributed by atoms with van der Waals surface area (Å²) in [5.74, 6) is 0. The maximum Gasteiger partial charge on any atom is 0.124 e. The van der Waals surface area contributed by atoms with Crippen molar-refractivity contribution in [3.05, 3.63) is 0 Å². The fraction of sp³-hybridized carbons (Fsp3) is 1.00. The van der Waals surface area contributed by atoms with Crippen LogP contribution in [0.15, 0.2) is 0 Å². The Morgan fingerprint density at radius 2 is 1.21 bits per heavy atom. The molecule has 0 fully saturated rings. The van der Waals surface area contributed by atoms with Crippen molar-refractivity contribution in [2.45, 2.75) is 77.4 Å². The van der Waals surface area contributed by atoms with E-state index in [1.807, 2.05) is 0 Å². The minimum absolute atomic E-state index is 0.926. The third-order valence-corrected chi connectivity index (χ3v) is 5.36. The molecule has 0 saturated carbocycles.